The maximum atomic E-state index is 13.0. The number of benzene rings is 1. The van der Waals surface area contributed by atoms with E-state index in [-0.39, 0.29) is 24.7 Å². The van der Waals surface area contributed by atoms with Gasteiger partial charge in [0.15, 0.2) is 9.84 Å². The largest absolute Gasteiger partial charge is 0.383 e. The van der Waals surface area contributed by atoms with Crippen LogP contribution in [0.25, 0.3) is 0 Å². The predicted octanol–water partition coefficient (Wildman–Crippen LogP) is 0.614. The molecular formula is C21H31N3O5S. The summed E-state index contributed by atoms with van der Waals surface area (Å²) >= 11 is 0. The minimum absolute atomic E-state index is 0.0527. The van der Waals surface area contributed by atoms with E-state index in [1.165, 1.54) is 23.1 Å². The lowest BCUT2D eigenvalue weighted by atomic mass is 10.1. The second-order valence-corrected chi connectivity index (χ2v) is 10.3. The number of aryl methyl sites for hydroxylation is 1. The zero-order valence-corrected chi connectivity index (χ0v) is 18.8. The summed E-state index contributed by atoms with van der Waals surface area (Å²) in [6, 6.07) is 5.73. The number of rotatable bonds is 5. The Bertz CT molecular complexity index is 894. The Labute approximate surface area is 178 Å². The Hall–Kier alpha value is -2.13. The van der Waals surface area contributed by atoms with Gasteiger partial charge in [-0.05, 0) is 37.5 Å². The molecule has 1 unspecified atom stereocenters. The van der Waals surface area contributed by atoms with Crippen molar-refractivity contribution in [1.82, 2.24) is 9.80 Å². The molecule has 1 aromatic rings. The molecule has 0 spiro atoms. The van der Waals surface area contributed by atoms with Crippen molar-refractivity contribution in [3.63, 3.8) is 0 Å². The summed E-state index contributed by atoms with van der Waals surface area (Å²) < 4.78 is 28.8. The number of piperazine rings is 1. The van der Waals surface area contributed by atoms with Crippen LogP contribution in [0, 0.1) is 13.8 Å². The maximum Gasteiger partial charge on any atom is 0.312 e. The van der Waals surface area contributed by atoms with Gasteiger partial charge in [-0.15, -0.1) is 0 Å². The fourth-order valence-electron chi connectivity index (χ4n) is 4.15. The third-order valence-electron chi connectivity index (χ3n) is 6.11. The van der Waals surface area contributed by atoms with Gasteiger partial charge in [-0.3, -0.25) is 9.59 Å². The van der Waals surface area contributed by atoms with E-state index in [0.717, 1.165) is 5.69 Å². The fourth-order valence-corrected chi connectivity index (χ4v) is 5.88. The minimum Gasteiger partial charge on any atom is -0.383 e. The topological polar surface area (TPSA) is 87.2 Å². The number of methoxy groups -OCH3 is 1. The van der Waals surface area contributed by atoms with Gasteiger partial charge in [-0.1, -0.05) is 12.1 Å². The molecule has 8 nitrogen and oxygen atoms in total. The maximum absolute atomic E-state index is 13.0. The number of anilines is 1. The smallest absolute Gasteiger partial charge is 0.312 e. The second kappa shape index (κ2) is 9.34. The van der Waals surface area contributed by atoms with Gasteiger partial charge in [-0.2, -0.15) is 0 Å². The third kappa shape index (κ3) is 4.95. The summed E-state index contributed by atoms with van der Waals surface area (Å²) in [6.45, 7) is 6.86. The number of sulfone groups is 1. The van der Waals surface area contributed by atoms with Gasteiger partial charge in [0.1, 0.15) is 0 Å². The highest BCUT2D eigenvalue weighted by molar-refractivity contribution is 7.91. The van der Waals surface area contributed by atoms with Crippen LogP contribution in [-0.4, -0.2) is 94.0 Å². The van der Waals surface area contributed by atoms with Gasteiger partial charge in [0.2, 0.25) is 0 Å². The lowest BCUT2D eigenvalue weighted by Gasteiger charge is -2.38. The molecule has 30 heavy (non-hydrogen) atoms. The van der Waals surface area contributed by atoms with Crippen LogP contribution in [0.2, 0.25) is 0 Å². The number of nitrogens with zero attached hydrogens (tertiary/aromatic N) is 3. The number of carbonyl (C=O) groups is 2. The van der Waals surface area contributed by atoms with Crippen LogP contribution in [0.3, 0.4) is 0 Å². The molecule has 2 aliphatic rings. The molecule has 2 amide bonds. The van der Waals surface area contributed by atoms with Crippen molar-refractivity contribution in [2.45, 2.75) is 26.3 Å². The van der Waals surface area contributed by atoms with Crippen molar-refractivity contribution >= 4 is 27.3 Å². The van der Waals surface area contributed by atoms with Crippen molar-refractivity contribution in [3.8, 4) is 0 Å². The lowest BCUT2D eigenvalue weighted by molar-refractivity contribution is -0.153. The van der Waals surface area contributed by atoms with Gasteiger partial charge in [0.25, 0.3) is 0 Å². The van der Waals surface area contributed by atoms with Crippen molar-refractivity contribution in [2.24, 2.45) is 0 Å². The summed E-state index contributed by atoms with van der Waals surface area (Å²) in [4.78, 5) is 31.1. The minimum atomic E-state index is -3.16. The van der Waals surface area contributed by atoms with E-state index in [1.807, 2.05) is 6.07 Å². The van der Waals surface area contributed by atoms with Crippen molar-refractivity contribution in [2.75, 3.05) is 62.8 Å². The van der Waals surface area contributed by atoms with Crippen LogP contribution in [0.5, 0.6) is 0 Å². The number of hydrogen-bond acceptors (Lipinski definition) is 6. The van der Waals surface area contributed by atoms with Gasteiger partial charge < -0.3 is 19.4 Å². The van der Waals surface area contributed by atoms with Crippen molar-refractivity contribution < 1.29 is 22.7 Å². The average Bonchev–Trinajstić information content (AvgIpc) is 3.09. The molecule has 2 heterocycles. The molecule has 0 bridgehead atoms. The molecular weight excluding hydrogens is 406 g/mol. The molecule has 2 aliphatic heterocycles. The number of ether oxygens (including phenoxy) is 1. The van der Waals surface area contributed by atoms with E-state index in [1.54, 1.807) is 4.90 Å². The lowest BCUT2D eigenvalue weighted by Crippen LogP contribution is -2.55. The zero-order valence-electron chi connectivity index (χ0n) is 18.0. The first-order valence-corrected chi connectivity index (χ1v) is 12.2. The highest BCUT2D eigenvalue weighted by Crippen LogP contribution is 2.24. The summed E-state index contributed by atoms with van der Waals surface area (Å²) in [7, 11) is -1.65. The molecule has 0 saturated carbocycles. The molecule has 0 aromatic heterocycles. The van der Waals surface area contributed by atoms with Gasteiger partial charge in [-0.25, -0.2) is 8.42 Å². The first kappa shape index (κ1) is 22.6. The second-order valence-electron chi connectivity index (χ2n) is 8.05. The quantitative estimate of drug-likeness (QED) is 0.628. The first-order valence-electron chi connectivity index (χ1n) is 10.3. The molecule has 9 heteroatoms. The molecule has 1 atom stereocenters. The van der Waals surface area contributed by atoms with E-state index in [4.69, 9.17) is 4.74 Å². The van der Waals surface area contributed by atoms with Crippen LogP contribution < -0.4 is 4.90 Å². The van der Waals surface area contributed by atoms with E-state index in [2.05, 4.69) is 30.9 Å². The Morgan fingerprint density at radius 1 is 1.17 bits per heavy atom. The Morgan fingerprint density at radius 2 is 1.87 bits per heavy atom. The predicted molar refractivity (Wildman–Crippen MR) is 115 cm³/mol. The number of hydrogen-bond donors (Lipinski definition) is 0. The van der Waals surface area contributed by atoms with Gasteiger partial charge in [0, 0.05) is 51.6 Å². The molecule has 0 N–H and O–H groups in total. The summed E-state index contributed by atoms with van der Waals surface area (Å²) in [6.07, 6.45) is 0.367. The monoisotopic (exact) mass is 437 g/mol. The normalized spacial score (nSPS) is 21.0. The van der Waals surface area contributed by atoms with Crippen LogP contribution in [0.15, 0.2) is 18.2 Å². The van der Waals surface area contributed by atoms with Crippen molar-refractivity contribution in [3.05, 3.63) is 29.3 Å². The summed E-state index contributed by atoms with van der Waals surface area (Å²) in [5, 5.41) is 0. The van der Waals surface area contributed by atoms with Crippen molar-refractivity contribution in [1.29, 1.82) is 0 Å². The zero-order chi connectivity index (χ0) is 21.9. The van der Waals surface area contributed by atoms with E-state index in [0.29, 0.717) is 32.6 Å². The van der Waals surface area contributed by atoms with E-state index in [9.17, 15) is 18.0 Å². The molecule has 3 rings (SSSR count). The van der Waals surface area contributed by atoms with Gasteiger partial charge in [0.05, 0.1) is 18.1 Å². The Morgan fingerprint density at radius 3 is 2.47 bits per heavy atom. The van der Waals surface area contributed by atoms with Crippen LogP contribution in [0.4, 0.5) is 5.69 Å². The average molecular weight is 438 g/mol. The van der Waals surface area contributed by atoms with Crippen LogP contribution in [0.1, 0.15) is 17.5 Å². The highest BCUT2D eigenvalue weighted by atomic mass is 32.2. The van der Waals surface area contributed by atoms with Crippen LogP contribution >= 0.6 is 0 Å². The summed E-state index contributed by atoms with van der Waals surface area (Å²) in [5.41, 5.74) is 3.61. The SMILES string of the molecule is COCCN(C(=O)C(=O)N1CCN(c2cccc(C)c2C)CC1)C1CCS(=O)(=O)C1. The Kier molecular flexibility index (Phi) is 7.02. The van der Waals surface area contributed by atoms with E-state index >= 15 is 0 Å². The highest BCUT2D eigenvalue weighted by Gasteiger charge is 2.38. The Balaban J connectivity index is 1.65. The standard InChI is InChI=1S/C21H31N3O5S/c1-16-5-4-6-19(17(16)2)22-8-10-23(11-9-22)20(25)21(26)24(12-13-29-3)18-7-14-30(27,28)15-18/h4-6,18H,7-15H2,1-3H3. The molecule has 0 aliphatic carbocycles. The molecule has 166 valence electrons. The molecule has 0 radical (unpaired) electrons. The van der Waals surface area contributed by atoms with E-state index < -0.39 is 27.7 Å². The molecule has 1 aromatic carbocycles. The number of carbonyl (C=O) groups excluding carboxylic acids is 2. The first-order chi connectivity index (χ1) is 14.2. The van der Waals surface area contributed by atoms with Gasteiger partial charge >= 0.3 is 11.8 Å². The molecule has 2 saturated heterocycles. The fraction of sp³-hybridized carbons (Fsp3) is 0.619. The molecule has 2 fully saturated rings. The summed E-state index contributed by atoms with van der Waals surface area (Å²) in [5.74, 6) is -1.22. The number of amides is 2. The third-order valence-corrected chi connectivity index (χ3v) is 7.86. The van der Waals surface area contributed by atoms with Crippen LogP contribution in [-0.2, 0) is 24.2 Å².